The maximum Gasteiger partial charge on any atom is 0.168 e. The van der Waals surface area contributed by atoms with E-state index in [-0.39, 0.29) is 5.82 Å². The number of pyridine rings is 1. The lowest BCUT2D eigenvalue weighted by Gasteiger charge is -2.00. The van der Waals surface area contributed by atoms with Gasteiger partial charge >= 0.3 is 0 Å². The highest BCUT2D eigenvalue weighted by atomic mass is 35.5. The summed E-state index contributed by atoms with van der Waals surface area (Å²) in [6.45, 7) is 0. The fraction of sp³-hybridized carbons (Fsp3) is 0. The van der Waals surface area contributed by atoms with Gasteiger partial charge in [-0.15, -0.1) is 10.2 Å². The molecule has 3 rings (SSSR count). The first-order valence-electron chi connectivity index (χ1n) is 5.00. The molecule has 0 amide bonds. The van der Waals surface area contributed by atoms with Gasteiger partial charge in [-0.2, -0.15) is 0 Å². The van der Waals surface area contributed by atoms with Crippen LogP contribution in [0.5, 0.6) is 0 Å². The van der Waals surface area contributed by atoms with E-state index in [1.165, 1.54) is 12.1 Å². The van der Waals surface area contributed by atoms with Crippen molar-refractivity contribution in [3.05, 3.63) is 53.4 Å². The van der Waals surface area contributed by atoms with Crippen molar-refractivity contribution in [3.8, 4) is 11.4 Å². The van der Waals surface area contributed by atoms with E-state index in [1.54, 1.807) is 34.9 Å². The van der Waals surface area contributed by atoms with Gasteiger partial charge in [-0.1, -0.05) is 11.6 Å². The molecule has 0 fully saturated rings. The molecule has 84 valence electrons. The molecule has 0 aliphatic rings. The standard InChI is InChI=1S/C12H7ClFN3/c13-9-3-6-11-15-16-12(17(11)7-9)8-1-4-10(14)5-2-8/h1-7H. The number of hydrogen-bond acceptors (Lipinski definition) is 2. The van der Waals surface area contributed by atoms with E-state index in [9.17, 15) is 4.39 Å². The van der Waals surface area contributed by atoms with Gasteiger partial charge in [0, 0.05) is 11.8 Å². The highest BCUT2D eigenvalue weighted by Gasteiger charge is 2.07. The number of rotatable bonds is 1. The number of hydrogen-bond donors (Lipinski definition) is 0. The van der Waals surface area contributed by atoms with Gasteiger partial charge in [-0.25, -0.2) is 4.39 Å². The average Bonchev–Trinajstić information content (AvgIpc) is 2.73. The van der Waals surface area contributed by atoms with Crippen LogP contribution in [0.15, 0.2) is 42.6 Å². The second kappa shape index (κ2) is 3.82. The van der Waals surface area contributed by atoms with Crippen molar-refractivity contribution in [2.24, 2.45) is 0 Å². The summed E-state index contributed by atoms with van der Waals surface area (Å²) in [5, 5.41) is 8.69. The van der Waals surface area contributed by atoms with Crippen LogP contribution >= 0.6 is 11.6 Å². The van der Waals surface area contributed by atoms with Crippen LogP contribution in [0.4, 0.5) is 4.39 Å². The SMILES string of the molecule is Fc1ccc(-c2nnc3ccc(Cl)cn23)cc1. The smallest absolute Gasteiger partial charge is 0.168 e. The van der Waals surface area contributed by atoms with Crippen LogP contribution in [0.1, 0.15) is 0 Å². The second-order valence-electron chi connectivity index (χ2n) is 3.61. The summed E-state index contributed by atoms with van der Waals surface area (Å²) < 4.78 is 14.6. The van der Waals surface area contributed by atoms with Crippen molar-refractivity contribution in [2.45, 2.75) is 0 Å². The molecule has 0 unspecified atom stereocenters. The highest BCUT2D eigenvalue weighted by Crippen LogP contribution is 2.20. The Bertz CT molecular complexity index is 676. The van der Waals surface area contributed by atoms with Crippen molar-refractivity contribution < 1.29 is 4.39 Å². The van der Waals surface area contributed by atoms with Crippen LogP contribution in [-0.2, 0) is 0 Å². The molecule has 0 saturated carbocycles. The summed E-state index contributed by atoms with van der Waals surface area (Å²) in [4.78, 5) is 0. The van der Waals surface area contributed by atoms with Gasteiger partial charge in [-0.05, 0) is 36.4 Å². The summed E-state index contributed by atoms with van der Waals surface area (Å²) in [6.07, 6.45) is 1.73. The predicted molar refractivity (Wildman–Crippen MR) is 63.4 cm³/mol. The minimum absolute atomic E-state index is 0.277. The molecular weight excluding hydrogens is 241 g/mol. The first-order valence-corrected chi connectivity index (χ1v) is 5.38. The third-order valence-corrected chi connectivity index (χ3v) is 2.69. The van der Waals surface area contributed by atoms with Crippen molar-refractivity contribution >= 4 is 17.2 Å². The molecule has 0 radical (unpaired) electrons. The Morgan fingerprint density at radius 3 is 2.53 bits per heavy atom. The number of aromatic nitrogens is 3. The Morgan fingerprint density at radius 2 is 1.76 bits per heavy atom. The Morgan fingerprint density at radius 1 is 1.00 bits per heavy atom. The lowest BCUT2D eigenvalue weighted by atomic mass is 10.2. The Hall–Kier alpha value is -1.94. The molecule has 0 aliphatic heterocycles. The van der Waals surface area contributed by atoms with Crippen molar-refractivity contribution in [1.82, 2.24) is 14.6 Å². The number of halogens is 2. The van der Waals surface area contributed by atoms with Gasteiger partial charge in [0.15, 0.2) is 11.5 Å². The topological polar surface area (TPSA) is 30.2 Å². The zero-order chi connectivity index (χ0) is 11.8. The molecule has 0 atom stereocenters. The third-order valence-electron chi connectivity index (χ3n) is 2.47. The molecule has 3 aromatic rings. The Balaban J connectivity index is 2.23. The van der Waals surface area contributed by atoms with Gasteiger partial charge < -0.3 is 0 Å². The van der Waals surface area contributed by atoms with Crippen LogP contribution in [0.3, 0.4) is 0 Å². The zero-order valence-corrected chi connectivity index (χ0v) is 9.39. The quantitative estimate of drug-likeness (QED) is 0.661. The Labute approximate surface area is 101 Å². The summed E-state index contributed by atoms with van der Waals surface area (Å²) in [6, 6.07) is 9.63. The molecule has 0 aliphatic carbocycles. The molecule has 5 heteroatoms. The number of fused-ring (bicyclic) bond motifs is 1. The van der Waals surface area contributed by atoms with E-state index in [4.69, 9.17) is 11.6 Å². The Kier molecular flexibility index (Phi) is 2.30. The highest BCUT2D eigenvalue weighted by molar-refractivity contribution is 6.30. The minimum Gasteiger partial charge on any atom is -0.281 e. The monoisotopic (exact) mass is 247 g/mol. The van der Waals surface area contributed by atoms with Crippen LogP contribution in [0, 0.1) is 5.82 Å². The molecule has 0 N–H and O–H groups in total. The largest absolute Gasteiger partial charge is 0.281 e. The average molecular weight is 248 g/mol. The first-order chi connectivity index (χ1) is 8.24. The molecule has 2 heterocycles. The maximum absolute atomic E-state index is 12.8. The maximum atomic E-state index is 12.8. The van der Waals surface area contributed by atoms with E-state index in [2.05, 4.69) is 10.2 Å². The van der Waals surface area contributed by atoms with Gasteiger partial charge in [0.05, 0.1) is 5.02 Å². The second-order valence-corrected chi connectivity index (χ2v) is 4.04. The molecule has 0 spiro atoms. The fourth-order valence-corrected chi connectivity index (χ4v) is 1.82. The molecule has 0 saturated heterocycles. The van der Waals surface area contributed by atoms with Crippen LogP contribution in [0.2, 0.25) is 5.02 Å². The molecule has 3 nitrogen and oxygen atoms in total. The van der Waals surface area contributed by atoms with Crippen LogP contribution in [-0.4, -0.2) is 14.6 Å². The number of nitrogens with zero attached hydrogens (tertiary/aromatic N) is 3. The van der Waals surface area contributed by atoms with Gasteiger partial charge in [-0.3, -0.25) is 4.40 Å². The summed E-state index contributed by atoms with van der Waals surface area (Å²) in [7, 11) is 0. The third kappa shape index (κ3) is 1.76. The molecular formula is C12H7ClFN3. The van der Waals surface area contributed by atoms with E-state index in [1.807, 2.05) is 0 Å². The predicted octanol–water partition coefficient (Wildman–Crippen LogP) is 3.19. The van der Waals surface area contributed by atoms with Crippen LogP contribution < -0.4 is 0 Å². The number of benzene rings is 1. The van der Waals surface area contributed by atoms with E-state index < -0.39 is 0 Å². The summed E-state index contributed by atoms with van der Waals surface area (Å²) in [5.74, 6) is 0.364. The van der Waals surface area contributed by atoms with Crippen molar-refractivity contribution in [1.29, 1.82) is 0 Å². The lowest BCUT2D eigenvalue weighted by molar-refractivity contribution is 0.628. The molecule has 0 bridgehead atoms. The molecule has 1 aromatic carbocycles. The zero-order valence-electron chi connectivity index (χ0n) is 8.64. The van der Waals surface area contributed by atoms with Gasteiger partial charge in [0.1, 0.15) is 5.82 Å². The molecule has 2 aromatic heterocycles. The van der Waals surface area contributed by atoms with Crippen LogP contribution in [0.25, 0.3) is 17.0 Å². The fourth-order valence-electron chi connectivity index (χ4n) is 1.66. The summed E-state index contributed by atoms with van der Waals surface area (Å²) in [5.41, 5.74) is 1.50. The van der Waals surface area contributed by atoms with Gasteiger partial charge in [0.2, 0.25) is 0 Å². The van der Waals surface area contributed by atoms with E-state index >= 15 is 0 Å². The summed E-state index contributed by atoms with van der Waals surface area (Å²) >= 11 is 5.92. The van der Waals surface area contributed by atoms with E-state index in [0.717, 1.165) is 5.56 Å². The lowest BCUT2D eigenvalue weighted by Crippen LogP contribution is -1.89. The van der Waals surface area contributed by atoms with E-state index in [0.29, 0.717) is 16.5 Å². The molecule has 17 heavy (non-hydrogen) atoms. The normalized spacial score (nSPS) is 10.9. The van der Waals surface area contributed by atoms with Crippen molar-refractivity contribution in [2.75, 3.05) is 0 Å². The van der Waals surface area contributed by atoms with Crippen molar-refractivity contribution in [3.63, 3.8) is 0 Å². The van der Waals surface area contributed by atoms with Gasteiger partial charge in [0.25, 0.3) is 0 Å². The minimum atomic E-state index is -0.277. The first kappa shape index (κ1) is 10.2.